The van der Waals surface area contributed by atoms with Crippen LogP contribution in [-0.2, 0) is 6.54 Å². The number of rotatable bonds is 4. The van der Waals surface area contributed by atoms with E-state index in [1.54, 1.807) is 0 Å². The topological polar surface area (TPSA) is 29.9 Å². The van der Waals surface area contributed by atoms with E-state index in [1.807, 2.05) is 0 Å². The van der Waals surface area contributed by atoms with E-state index in [0.717, 1.165) is 30.5 Å². The minimum Gasteiger partial charge on any atom is -0.353 e. The van der Waals surface area contributed by atoms with E-state index in [1.165, 1.54) is 19.3 Å². The van der Waals surface area contributed by atoms with E-state index in [9.17, 15) is 0 Å². The van der Waals surface area contributed by atoms with Crippen LogP contribution in [0.3, 0.4) is 0 Å². The van der Waals surface area contributed by atoms with Gasteiger partial charge in [-0.15, -0.1) is 0 Å². The number of aryl methyl sites for hydroxylation is 2. The first-order valence-corrected chi connectivity index (χ1v) is 6.49. The normalized spacial score (nSPS) is 24.9. The van der Waals surface area contributed by atoms with Crippen LogP contribution in [0.5, 0.6) is 0 Å². The third-order valence-electron chi connectivity index (χ3n) is 3.39. The van der Waals surface area contributed by atoms with E-state index < -0.39 is 0 Å². The van der Waals surface area contributed by atoms with Crippen molar-refractivity contribution in [3.05, 3.63) is 11.9 Å². The van der Waals surface area contributed by atoms with Crippen molar-refractivity contribution in [3.8, 4) is 0 Å². The molecule has 1 aromatic heterocycles. The van der Waals surface area contributed by atoms with Crippen molar-refractivity contribution in [2.45, 2.75) is 59.0 Å². The highest BCUT2D eigenvalue weighted by Crippen LogP contribution is 2.27. The molecule has 1 heterocycles. The summed E-state index contributed by atoms with van der Waals surface area (Å²) in [6.45, 7) is 7.67. The van der Waals surface area contributed by atoms with Crippen LogP contribution in [0.2, 0.25) is 0 Å². The maximum atomic E-state index is 4.57. The molecule has 1 fully saturated rings. The molecule has 1 aliphatic rings. The molecule has 1 N–H and O–H groups in total. The van der Waals surface area contributed by atoms with Crippen LogP contribution in [0.25, 0.3) is 0 Å². The molecular formula is C13H23N3. The van der Waals surface area contributed by atoms with Gasteiger partial charge in [0.1, 0.15) is 0 Å². The van der Waals surface area contributed by atoms with Crippen molar-refractivity contribution < 1.29 is 0 Å². The first kappa shape index (κ1) is 11.5. The zero-order valence-electron chi connectivity index (χ0n) is 10.7. The Balaban J connectivity index is 2.02. The Morgan fingerprint density at radius 2 is 2.31 bits per heavy atom. The summed E-state index contributed by atoms with van der Waals surface area (Å²) in [7, 11) is 0. The van der Waals surface area contributed by atoms with Crippen LogP contribution in [0, 0.1) is 12.8 Å². The molecule has 1 aromatic rings. The van der Waals surface area contributed by atoms with Gasteiger partial charge >= 0.3 is 0 Å². The van der Waals surface area contributed by atoms with Gasteiger partial charge in [0.25, 0.3) is 0 Å². The van der Waals surface area contributed by atoms with Crippen molar-refractivity contribution in [1.29, 1.82) is 0 Å². The van der Waals surface area contributed by atoms with Crippen LogP contribution in [0.4, 0.5) is 5.95 Å². The molecule has 3 nitrogen and oxygen atoms in total. The molecule has 1 aliphatic carbocycles. The number of imidazole rings is 1. The standard InChI is InChI=1S/C13H23N3/c1-4-7-16-9-11(3)14-13(16)15-12-6-5-10(2)8-12/h9-10,12H,4-8H2,1-3H3,(H,14,15). The molecule has 1 saturated carbocycles. The Morgan fingerprint density at radius 3 is 2.94 bits per heavy atom. The lowest BCUT2D eigenvalue weighted by Crippen LogP contribution is -2.18. The summed E-state index contributed by atoms with van der Waals surface area (Å²) < 4.78 is 2.25. The van der Waals surface area contributed by atoms with E-state index in [2.05, 4.69) is 41.8 Å². The van der Waals surface area contributed by atoms with Gasteiger partial charge in [-0.3, -0.25) is 0 Å². The van der Waals surface area contributed by atoms with E-state index in [0.29, 0.717) is 6.04 Å². The summed E-state index contributed by atoms with van der Waals surface area (Å²) in [5.41, 5.74) is 1.11. The summed E-state index contributed by atoms with van der Waals surface area (Å²) in [5, 5.41) is 3.60. The number of nitrogens with zero attached hydrogens (tertiary/aromatic N) is 2. The number of hydrogen-bond donors (Lipinski definition) is 1. The summed E-state index contributed by atoms with van der Waals surface area (Å²) >= 11 is 0. The Hall–Kier alpha value is -0.990. The molecule has 90 valence electrons. The van der Waals surface area contributed by atoms with E-state index >= 15 is 0 Å². The lowest BCUT2D eigenvalue weighted by molar-refractivity contribution is 0.598. The molecule has 0 aromatic carbocycles. The highest BCUT2D eigenvalue weighted by atomic mass is 15.2. The lowest BCUT2D eigenvalue weighted by Gasteiger charge is -2.14. The predicted octanol–water partition coefficient (Wildman–Crippen LogP) is 3.20. The Labute approximate surface area is 98.3 Å². The molecule has 0 amide bonds. The predicted molar refractivity (Wildman–Crippen MR) is 67.7 cm³/mol. The van der Waals surface area contributed by atoms with Gasteiger partial charge in [0, 0.05) is 18.8 Å². The molecule has 0 aliphatic heterocycles. The Kier molecular flexibility index (Phi) is 3.52. The van der Waals surface area contributed by atoms with Gasteiger partial charge in [0.05, 0.1) is 5.69 Å². The molecular weight excluding hydrogens is 198 g/mol. The molecule has 0 saturated heterocycles. The Morgan fingerprint density at radius 1 is 1.50 bits per heavy atom. The van der Waals surface area contributed by atoms with Crippen LogP contribution < -0.4 is 5.32 Å². The van der Waals surface area contributed by atoms with Crippen molar-refractivity contribution in [1.82, 2.24) is 9.55 Å². The third kappa shape index (κ3) is 2.57. The fraction of sp³-hybridized carbons (Fsp3) is 0.769. The highest BCUT2D eigenvalue weighted by Gasteiger charge is 2.22. The molecule has 2 unspecified atom stereocenters. The minimum absolute atomic E-state index is 0.632. The second kappa shape index (κ2) is 4.89. The molecule has 2 atom stereocenters. The van der Waals surface area contributed by atoms with Gasteiger partial charge in [-0.05, 0) is 38.5 Å². The second-order valence-electron chi connectivity index (χ2n) is 5.16. The molecule has 0 bridgehead atoms. The summed E-state index contributed by atoms with van der Waals surface area (Å²) in [4.78, 5) is 4.57. The highest BCUT2D eigenvalue weighted by molar-refractivity contribution is 5.30. The van der Waals surface area contributed by atoms with Crippen LogP contribution >= 0.6 is 0 Å². The average Bonchev–Trinajstić information content (AvgIpc) is 2.76. The smallest absolute Gasteiger partial charge is 0.203 e. The molecule has 0 spiro atoms. The molecule has 0 radical (unpaired) electrons. The third-order valence-corrected chi connectivity index (χ3v) is 3.39. The largest absolute Gasteiger partial charge is 0.353 e. The number of aromatic nitrogens is 2. The van der Waals surface area contributed by atoms with Crippen LogP contribution in [0.1, 0.15) is 45.2 Å². The Bertz CT molecular complexity index is 343. The minimum atomic E-state index is 0.632. The quantitative estimate of drug-likeness (QED) is 0.846. The molecule has 2 rings (SSSR count). The number of hydrogen-bond acceptors (Lipinski definition) is 2. The maximum absolute atomic E-state index is 4.57. The zero-order chi connectivity index (χ0) is 11.5. The number of nitrogens with one attached hydrogen (secondary N) is 1. The van der Waals surface area contributed by atoms with Gasteiger partial charge in [-0.2, -0.15) is 0 Å². The zero-order valence-corrected chi connectivity index (χ0v) is 10.7. The van der Waals surface area contributed by atoms with E-state index in [-0.39, 0.29) is 0 Å². The van der Waals surface area contributed by atoms with Gasteiger partial charge in [0.15, 0.2) is 0 Å². The fourth-order valence-corrected chi connectivity index (χ4v) is 2.59. The molecule has 3 heteroatoms. The van der Waals surface area contributed by atoms with Crippen molar-refractivity contribution in [2.24, 2.45) is 5.92 Å². The first-order chi connectivity index (χ1) is 7.69. The van der Waals surface area contributed by atoms with Crippen LogP contribution in [0.15, 0.2) is 6.20 Å². The van der Waals surface area contributed by atoms with Crippen molar-refractivity contribution in [2.75, 3.05) is 5.32 Å². The lowest BCUT2D eigenvalue weighted by atomic mass is 10.1. The van der Waals surface area contributed by atoms with Crippen molar-refractivity contribution >= 4 is 5.95 Å². The SMILES string of the molecule is CCCn1cc(C)nc1NC1CCC(C)C1. The van der Waals surface area contributed by atoms with Gasteiger partial charge < -0.3 is 9.88 Å². The van der Waals surface area contributed by atoms with Crippen LogP contribution in [-0.4, -0.2) is 15.6 Å². The number of anilines is 1. The van der Waals surface area contributed by atoms with Gasteiger partial charge in [-0.25, -0.2) is 4.98 Å². The summed E-state index contributed by atoms with van der Waals surface area (Å²) in [5.74, 6) is 1.94. The van der Waals surface area contributed by atoms with E-state index in [4.69, 9.17) is 0 Å². The monoisotopic (exact) mass is 221 g/mol. The summed E-state index contributed by atoms with van der Waals surface area (Å²) in [6, 6.07) is 0.632. The fourth-order valence-electron chi connectivity index (χ4n) is 2.59. The second-order valence-corrected chi connectivity index (χ2v) is 5.16. The average molecular weight is 221 g/mol. The van der Waals surface area contributed by atoms with Crippen molar-refractivity contribution in [3.63, 3.8) is 0 Å². The maximum Gasteiger partial charge on any atom is 0.203 e. The first-order valence-electron chi connectivity index (χ1n) is 6.49. The molecule has 16 heavy (non-hydrogen) atoms. The van der Waals surface area contributed by atoms with Gasteiger partial charge in [0.2, 0.25) is 5.95 Å². The van der Waals surface area contributed by atoms with Gasteiger partial charge in [-0.1, -0.05) is 13.8 Å². The summed E-state index contributed by atoms with van der Waals surface area (Å²) in [6.07, 6.45) is 7.23.